The lowest BCUT2D eigenvalue weighted by molar-refractivity contribution is -0.128. The van der Waals surface area contributed by atoms with Crippen molar-refractivity contribution in [3.63, 3.8) is 0 Å². The van der Waals surface area contributed by atoms with Crippen LogP contribution in [-0.4, -0.2) is 59.0 Å². The number of carbonyl (C=O) groups is 1. The van der Waals surface area contributed by atoms with E-state index in [1.807, 2.05) is 30.3 Å². The van der Waals surface area contributed by atoms with E-state index in [-0.39, 0.29) is 18.4 Å². The van der Waals surface area contributed by atoms with E-state index in [1.54, 1.807) is 4.90 Å². The first-order chi connectivity index (χ1) is 21.0. The van der Waals surface area contributed by atoms with Gasteiger partial charge in [0.1, 0.15) is 12.4 Å². The molecule has 43 heavy (non-hydrogen) atoms. The number of aromatic nitrogens is 2. The number of rotatable bonds is 7. The van der Waals surface area contributed by atoms with Gasteiger partial charge in [0.25, 0.3) is 0 Å². The molecular weight excluding hydrogens is 536 g/mol. The van der Waals surface area contributed by atoms with Crippen LogP contribution >= 0.6 is 0 Å². The van der Waals surface area contributed by atoms with Crippen LogP contribution in [-0.2, 0) is 30.7 Å². The molecule has 3 unspecified atom stereocenters. The van der Waals surface area contributed by atoms with Crippen molar-refractivity contribution < 1.29 is 9.53 Å². The molecule has 1 aliphatic carbocycles. The summed E-state index contributed by atoms with van der Waals surface area (Å²) >= 11 is 0. The predicted molar refractivity (Wildman–Crippen MR) is 168 cm³/mol. The van der Waals surface area contributed by atoms with Crippen LogP contribution in [0.2, 0.25) is 0 Å². The van der Waals surface area contributed by atoms with Crippen molar-refractivity contribution in [2.75, 3.05) is 36.0 Å². The maximum Gasteiger partial charge on any atom is 0.318 e. The van der Waals surface area contributed by atoms with Gasteiger partial charge < -0.3 is 19.4 Å². The fourth-order valence-corrected chi connectivity index (χ4v) is 6.88. The number of ether oxygens (including phenoxy) is 1. The molecule has 0 spiro atoms. The van der Waals surface area contributed by atoms with Gasteiger partial charge in [-0.15, -0.1) is 0 Å². The smallest absolute Gasteiger partial charge is 0.318 e. The van der Waals surface area contributed by atoms with Crippen LogP contribution in [0.3, 0.4) is 0 Å². The number of hydrogen-bond donors (Lipinski definition) is 0. The molecule has 2 aliphatic heterocycles. The third-order valence-corrected chi connectivity index (χ3v) is 9.14. The van der Waals surface area contributed by atoms with Gasteiger partial charge in [-0.2, -0.15) is 15.2 Å². The molecule has 8 heteroatoms. The highest BCUT2D eigenvalue weighted by molar-refractivity contribution is 5.87. The zero-order valence-corrected chi connectivity index (χ0v) is 25.0. The van der Waals surface area contributed by atoms with Gasteiger partial charge in [0, 0.05) is 49.9 Å². The van der Waals surface area contributed by atoms with Crippen molar-refractivity contribution in [2.24, 2.45) is 5.92 Å². The molecule has 3 aliphatic rings. The fourth-order valence-electron chi connectivity index (χ4n) is 6.88. The van der Waals surface area contributed by atoms with E-state index in [9.17, 15) is 10.1 Å². The van der Waals surface area contributed by atoms with Crippen molar-refractivity contribution >= 4 is 17.4 Å². The third-order valence-electron chi connectivity index (χ3n) is 9.14. The van der Waals surface area contributed by atoms with Crippen LogP contribution in [0.5, 0.6) is 6.01 Å². The van der Waals surface area contributed by atoms with Gasteiger partial charge in [0.2, 0.25) is 5.91 Å². The summed E-state index contributed by atoms with van der Waals surface area (Å²) in [5, 5.41) is 9.54. The van der Waals surface area contributed by atoms with Gasteiger partial charge in [-0.3, -0.25) is 4.79 Å². The lowest BCUT2D eigenvalue weighted by Crippen LogP contribution is -2.55. The second kappa shape index (κ2) is 12.9. The number of para-hydroxylation sites is 1. The number of carbonyl (C=O) groups excluding carboxylic acids is 1. The SMILES string of the molecule is C=CC(=O)N1CCN(c2nc(OCc3ccccc3)nc3c2CCC(N2CC(C)CCc4ccccc42)C3)CC1CC#N. The molecule has 0 radical (unpaired) electrons. The Hall–Kier alpha value is -4.38. The summed E-state index contributed by atoms with van der Waals surface area (Å²) < 4.78 is 6.22. The van der Waals surface area contributed by atoms with Crippen molar-refractivity contribution in [1.82, 2.24) is 14.9 Å². The number of aryl methyl sites for hydroxylation is 1. The van der Waals surface area contributed by atoms with Gasteiger partial charge in [0.05, 0.1) is 24.2 Å². The quantitative estimate of drug-likeness (QED) is 0.361. The Balaban J connectivity index is 1.32. The first kappa shape index (κ1) is 28.7. The van der Waals surface area contributed by atoms with Crippen LogP contribution in [0.25, 0.3) is 0 Å². The van der Waals surface area contributed by atoms with Crippen molar-refractivity contribution in [3.05, 3.63) is 89.6 Å². The molecule has 222 valence electrons. The van der Waals surface area contributed by atoms with Crippen molar-refractivity contribution in [3.8, 4) is 12.1 Å². The number of hydrogen-bond acceptors (Lipinski definition) is 7. The number of nitrogens with zero attached hydrogens (tertiary/aromatic N) is 6. The van der Waals surface area contributed by atoms with Crippen LogP contribution in [0.15, 0.2) is 67.3 Å². The summed E-state index contributed by atoms with van der Waals surface area (Å²) in [6.07, 6.45) is 6.63. The Bertz CT molecular complexity index is 1500. The maximum absolute atomic E-state index is 12.6. The summed E-state index contributed by atoms with van der Waals surface area (Å²) in [6, 6.07) is 21.7. The fraction of sp³-hybridized carbons (Fsp3) is 0.429. The van der Waals surface area contributed by atoms with Crippen molar-refractivity contribution in [1.29, 1.82) is 5.26 Å². The summed E-state index contributed by atoms with van der Waals surface area (Å²) in [4.78, 5) is 29.2. The first-order valence-corrected chi connectivity index (χ1v) is 15.5. The number of piperazine rings is 1. The van der Waals surface area contributed by atoms with Crippen LogP contribution in [0.4, 0.5) is 11.5 Å². The second-order valence-electron chi connectivity index (χ2n) is 12.0. The average molecular weight is 577 g/mol. The normalized spacial score (nSPS) is 21.7. The van der Waals surface area contributed by atoms with Gasteiger partial charge >= 0.3 is 6.01 Å². The number of amides is 1. The first-order valence-electron chi connectivity index (χ1n) is 15.5. The Kier molecular flexibility index (Phi) is 8.59. The van der Waals surface area contributed by atoms with E-state index in [2.05, 4.69) is 53.6 Å². The molecular formula is C35H40N6O2. The van der Waals surface area contributed by atoms with Crippen molar-refractivity contribution in [2.45, 2.75) is 64.1 Å². The van der Waals surface area contributed by atoms with Gasteiger partial charge in [-0.25, -0.2) is 0 Å². The van der Waals surface area contributed by atoms with Crippen LogP contribution in [0.1, 0.15) is 48.6 Å². The largest absolute Gasteiger partial charge is 0.459 e. The predicted octanol–water partition coefficient (Wildman–Crippen LogP) is 5.12. The molecule has 3 heterocycles. The molecule has 6 rings (SSSR count). The van der Waals surface area contributed by atoms with E-state index in [0.717, 1.165) is 49.3 Å². The molecule has 1 fully saturated rings. The lowest BCUT2D eigenvalue weighted by atomic mass is 9.89. The summed E-state index contributed by atoms with van der Waals surface area (Å²) in [5.41, 5.74) is 6.06. The highest BCUT2D eigenvalue weighted by atomic mass is 16.5. The Labute approximate surface area is 254 Å². The standard InChI is InChI=1S/C35H40N6O2/c1-3-33(42)40-20-19-39(23-29(40)17-18-36)34-30-16-15-28(41-22-25(2)13-14-27-11-7-8-12-32(27)41)21-31(30)37-35(38-34)43-24-26-9-5-4-6-10-26/h3-12,25,28-29H,1,13-17,19-24H2,2H3. The van der Waals surface area contributed by atoms with Gasteiger partial charge in [-0.1, -0.05) is 62.0 Å². The van der Waals surface area contributed by atoms with Crippen LogP contribution < -0.4 is 14.5 Å². The Morgan fingerprint density at radius 2 is 1.88 bits per heavy atom. The van der Waals surface area contributed by atoms with E-state index >= 15 is 0 Å². The third kappa shape index (κ3) is 6.22. The Morgan fingerprint density at radius 1 is 1.07 bits per heavy atom. The van der Waals surface area contributed by atoms with E-state index in [0.29, 0.717) is 44.2 Å². The summed E-state index contributed by atoms with van der Waals surface area (Å²) in [6.45, 7) is 9.14. The maximum atomic E-state index is 12.6. The minimum absolute atomic E-state index is 0.133. The molecule has 0 bridgehead atoms. The monoisotopic (exact) mass is 576 g/mol. The average Bonchev–Trinajstić information content (AvgIpc) is 3.22. The molecule has 3 aromatic rings. The van der Waals surface area contributed by atoms with E-state index in [1.165, 1.54) is 29.3 Å². The molecule has 2 aromatic carbocycles. The molecule has 1 amide bonds. The lowest BCUT2D eigenvalue weighted by Gasteiger charge is -2.42. The Morgan fingerprint density at radius 3 is 2.70 bits per heavy atom. The molecule has 0 saturated carbocycles. The number of nitriles is 1. The number of benzene rings is 2. The van der Waals surface area contributed by atoms with Gasteiger partial charge in [-0.05, 0) is 54.9 Å². The zero-order chi connectivity index (χ0) is 29.8. The molecule has 1 aromatic heterocycles. The highest BCUT2D eigenvalue weighted by Crippen LogP contribution is 2.37. The van der Waals surface area contributed by atoms with E-state index in [4.69, 9.17) is 14.7 Å². The van der Waals surface area contributed by atoms with Crippen LogP contribution in [0, 0.1) is 17.2 Å². The second-order valence-corrected chi connectivity index (χ2v) is 12.0. The minimum atomic E-state index is -0.227. The van der Waals surface area contributed by atoms with E-state index < -0.39 is 0 Å². The molecule has 3 atom stereocenters. The summed E-state index contributed by atoms with van der Waals surface area (Å²) in [7, 11) is 0. The molecule has 0 N–H and O–H groups in total. The molecule has 8 nitrogen and oxygen atoms in total. The summed E-state index contributed by atoms with van der Waals surface area (Å²) in [5.74, 6) is 1.36. The number of fused-ring (bicyclic) bond motifs is 2. The van der Waals surface area contributed by atoms with Gasteiger partial charge in [0.15, 0.2) is 0 Å². The number of anilines is 2. The highest BCUT2D eigenvalue weighted by Gasteiger charge is 2.35. The molecule has 1 saturated heterocycles. The topological polar surface area (TPSA) is 85.6 Å². The zero-order valence-electron chi connectivity index (χ0n) is 25.0. The minimum Gasteiger partial charge on any atom is -0.459 e.